The average molecular weight is 395 g/mol. The lowest BCUT2D eigenvalue weighted by Crippen LogP contribution is -2.17. The Morgan fingerprint density at radius 1 is 1.10 bits per heavy atom. The zero-order valence-corrected chi connectivity index (χ0v) is 15.9. The highest BCUT2D eigenvalue weighted by Gasteiger charge is 2.17. The molecule has 0 unspecified atom stereocenters. The smallest absolute Gasteiger partial charge is 0.322 e. The lowest BCUT2D eigenvalue weighted by Gasteiger charge is -2.13. The molecular weight excluding hydrogens is 377 g/mol. The number of carbonyl (C=O) groups excluding carboxylic acids is 1. The third-order valence-electron chi connectivity index (χ3n) is 4.35. The van der Waals surface area contributed by atoms with Crippen molar-refractivity contribution in [3.63, 3.8) is 0 Å². The highest BCUT2D eigenvalue weighted by atomic mass is 19.1. The van der Waals surface area contributed by atoms with Crippen LogP contribution in [0.1, 0.15) is 17.0 Å². The number of aryl methyl sites for hydroxylation is 2. The molecule has 7 nitrogen and oxygen atoms in total. The standard InChI is InChI=1S/C21H18FN3O4/c1-12-20(13(2)24-21(23-12)29-16-6-4-3-5-15(16)22)25-19(26)10-14-7-8-17-18(9-14)28-11-27-17/h3-9H,10-11H2,1-2H3,(H,25,26). The minimum absolute atomic E-state index is 0.0128. The predicted molar refractivity (Wildman–Crippen MR) is 103 cm³/mol. The molecular formula is C21H18FN3O4. The molecule has 148 valence electrons. The van der Waals surface area contributed by atoms with E-state index in [9.17, 15) is 9.18 Å². The van der Waals surface area contributed by atoms with Crippen molar-refractivity contribution < 1.29 is 23.4 Å². The van der Waals surface area contributed by atoms with Gasteiger partial charge in [-0.3, -0.25) is 4.79 Å². The lowest BCUT2D eigenvalue weighted by molar-refractivity contribution is -0.115. The van der Waals surface area contributed by atoms with Gasteiger partial charge in [0.1, 0.15) is 0 Å². The Kier molecular flexibility index (Phi) is 4.99. The van der Waals surface area contributed by atoms with Crippen molar-refractivity contribution in [1.82, 2.24) is 9.97 Å². The van der Waals surface area contributed by atoms with Crippen molar-refractivity contribution in [2.75, 3.05) is 12.1 Å². The summed E-state index contributed by atoms with van der Waals surface area (Å²) in [6.45, 7) is 3.63. The van der Waals surface area contributed by atoms with Gasteiger partial charge in [-0.05, 0) is 43.7 Å². The molecule has 1 amide bonds. The van der Waals surface area contributed by atoms with Gasteiger partial charge in [-0.1, -0.05) is 18.2 Å². The molecule has 1 aromatic heterocycles. The molecule has 0 aliphatic carbocycles. The number of halogens is 1. The maximum Gasteiger partial charge on any atom is 0.322 e. The number of para-hydroxylation sites is 1. The van der Waals surface area contributed by atoms with E-state index in [4.69, 9.17) is 14.2 Å². The summed E-state index contributed by atoms with van der Waals surface area (Å²) in [5.74, 6) is 0.597. The number of hydrogen-bond acceptors (Lipinski definition) is 6. The van der Waals surface area contributed by atoms with Crippen molar-refractivity contribution in [2.45, 2.75) is 20.3 Å². The van der Waals surface area contributed by atoms with Crippen LogP contribution in [0, 0.1) is 19.7 Å². The van der Waals surface area contributed by atoms with Crippen LogP contribution in [0.15, 0.2) is 42.5 Å². The van der Waals surface area contributed by atoms with Gasteiger partial charge < -0.3 is 19.5 Å². The van der Waals surface area contributed by atoms with Crippen LogP contribution >= 0.6 is 0 Å². The van der Waals surface area contributed by atoms with Gasteiger partial charge in [0, 0.05) is 0 Å². The van der Waals surface area contributed by atoms with Gasteiger partial charge in [0.05, 0.1) is 23.5 Å². The van der Waals surface area contributed by atoms with E-state index in [1.807, 2.05) is 6.07 Å². The number of ether oxygens (including phenoxy) is 3. The van der Waals surface area contributed by atoms with Crippen molar-refractivity contribution in [3.05, 3.63) is 65.2 Å². The maximum absolute atomic E-state index is 13.8. The molecule has 1 aliphatic rings. The van der Waals surface area contributed by atoms with Gasteiger partial charge in [-0.15, -0.1) is 0 Å². The molecule has 0 atom stereocenters. The summed E-state index contributed by atoms with van der Waals surface area (Å²) in [4.78, 5) is 20.9. The van der Waals surface area contributed by atoms with Crippen LogP contribution in [-0.4, -0.2) is 22.7 Å². The second-order valence-electron chi connectivity index (χ2n) is 6.50. The van der Waals surface area contributed by atoms with Crippen molar-refractivity contribution in [2.24, 2.45) is 0 Å². The number of anilines is 1. The van der Waals surface area contributed by atoms with Gasteiger partial charge in [-0.25, -0.2) is 4.39 Å². The quantitative estimate of drug-likeness (QED) is 0.705. The second kappa shape index (κ2) is 7.75. The van der Waals surface area contributed by atoms with E-state index in [1.54, 1.807) is 38.1 Å². The number of hydrogen-bond donors (Lipinski definition) is 1. The summed E-state index contributed by atoms with van der Waals surface area (Å²) in [7, 11) is 0. The van der Waals surface area contributed by atoms with Crippen molar-refractivity contribution >= 4 is 11.6 Å². The highest BCUT2D eigenvalue weighted by Crippen LogP contribution is 2.32. The van der Waals surface area contributed by atoms with E-state index in [-0.39, 0.29) is 30.9 Å². The number of aromatic nitrogens is 2. The molecule has 3 aromatic rings. The highest BCUT2D eigenvalue weighted by molar-refractivity contribution is 5.93. The molecule has 1 aliphatic heterocycles. The summed E-state index contributed by atoms with van der Waals surface area (Å²) in [6, 6.07) is 11.4. The van der Waals surface area contributed by atoms with Crippen LogP contribution in [0.5, 0.6) is 23.3 Å². The second-order valence-corrected chi connectivity index (χ2v) is 6.50. The molecule has 0 spiro atoms. The third kappa shape index (κ3) is 4.11. The fourth-order valence-electron chi connectivity index (χ4n) is 2.96. The Morgan fingerprint density at radius 3 is 2.59 bits per heavy atom. The molecule has 8 heteroatoms. The third-order valence-corrected chi connectivity index (χ3v) is 4.35. The average Bonchev–Trinajstić information content (AvgIpc) is 3.14. The number of carbonyl (C=O) groups is 1. The first-order valence-corrected chi connectivity index (χ1v) is 8.95. The van der Waals surface area contributed by atoms with E-state index in [0.29, 0.717) is 28.6 Å². The molecule has 4 rings (SSSR count). The Morgan fingerprint density at radius 2 is 1.83 bits per heavy atom. The van der Waals surface area contributed by atoms with Crippen molar-refractivity contribution in [3.8, 4) is 23.3 Å². The number of amides is 1. The van der Waals surface area contributed by atoms with E-state index < -0.39 is 5.82 Å². The van der Waals surface area contributed by atoms with E-state index in [1.165, 1.54) is 12.1 Å². The summed E-state index contributed by atoms with van der Waals surface area (Å²) in [5.41, 5.74) is 2.32. The van der Waals surface area contributed by atoms with E-state index >= 15 is 0 Å². The summed E-state index contributed by atoms with van der Waals surface area (Å²) in [5, 5.41) is 2.83. The van der Waals surface area contributed by atoms with Crippen LogP contribution in [0.25, 0.3) is 0 Å². The van der Waals surface area contributed by atoms with Gasteiger partial charge in [-0.2, -0.15) is 9.97 Å². The molecule has 0 radical (unpaired) electrons. The van der Waals surface area contributed by atoms with Gasteiger partial charge in [0.25, 0.3) is 0 Å². The summed E-state index contributed by atoms with van der Waals surface area (Å²) >= 11 is 0. The first kappa shape index (κ1) is 18.7. The summed E-state index contributed by atoms with van der Waals surface area (Å²) in [6.07, 6.45) is 0.156. The topological polar surface area (TPSA) is 82.6 Å². The first-order valence-electron chi connectivity index (χ1n) is 8.95. The Labute approximate surface area is 166 Å². The minimum atomic E-state index is -0.507. The van der Waals surface area contributed by atoms with Crippen LogP contribution in [0.3, 0.4) is 0 Å². The van der Waals surface area contributed by atoms with E-state index in [0.717, 1.165) is 5.56 Å². The fourth-order valence-corrected chi connectivity index (χ4v) is 2.96. The van der Waals surface area contributed by atoms with Crippen LogP contribution in [0.2, 0.25) is 0 Å². The Balaban J connectivity index is 1.47. The molecule has 0 bridgehead atoms. The monoisotopic (exact) mass is 395 g/mol. The molecule has 2 heterocycles. The molecule has 2 aromatic carbocycles. The number of nitrogens with one attached hydrogen (secondary N) is 1. The van der Waals surface area contributed by atoms with Crippen LogP contribution in [0.4, 0.5) is 10.1 Å². The number of nitrogens with zero attached hydrogens (tertiary/aromatic N) is 2. The lowest BCUT2D eigenvalue weighted by atomic mass is 10.1. The van der Waals surface area contributed by atoms with Gasteiger partial charge >= 0.3 is 6.01 Å². The number of rotatable bonds is 5. The normalized spacial score (nSPS) is 12.0. The molecule has 1 N–H and O–H groups in total. The van der Waals surface area contributed by atoms with Crippen molar-refractivity contribution in [1.29, 1.82) is 0 Å². The molecule has 29 heavy (non-hydrogen) atoms. The summed E-state index contributed by atoms with van der Waals surface area (Å²) < 4.78 is 29.8. The largest absolute Gasteiger partial charge is 0.454 e. The van der Waals surface area contributed by atoms with Gasteiger partial charge in [0.15, 0.2) is 23.1 Å². The predicted octanol–water partition coefficient (Wildman–Crippen LogP) is 3.93. The van der Waals surface area contributed by atoms with Crippen LogP contribution < -0.4 is 19.5 Å². The maximum atomic E-state index is 13.8. The minimum Gasteiger partial charge on any atom is -0.454 e. The Bertz CT molecular complexity index is 1060. The van der Waals surface area contributed by atoms with Crippen LogP contribution in [-0.2, 0) is 11.2 Å². The zero-order chi connectivity index (χ0) is 20.4. The number of fused-ring (bicyclic) bond motifs is 1. The zero-order valence-electron chi connectivity index (χ0n) is 15.9. The molecule has 0 saturated carbocycles. The van der Waals surface area contributed by atoms with Gasteiger partial charge in [0.2, 0.25) is 12.7 Å². The number of benzene rings is 2. The molecule has 0 saturated heterocycles. The SMILES string of the molecule is Cc1nc(Oc2ccccc2F)nc(C)c1NC(=O)Cc1ccc2c(c1)OCO2. The molecule has 0 fully saturated rings. The van der Waals surface area contributed by atoms with E-state index in [2.05, 4.69) is 15.3 Å². The first-order chi connectivity index (χ1) is 14.0. The Hall–Kier alpha value is -3.68. The fraction of sp³-hybridized carbons (Fsp3) is 0.190.